The number of carbonyl (C=O) groups is 1. The second-order valence-electron chi connectivity index (χ2n) is 5.50. The summed E-state index contributed by atoms with van der Waals surface area (Å²) in [5.74, 6) is 0.152. The Bertz CT molecular complexity index is 569. The van der Waals surface area contributed by atoms with Crippen LogP contribution in [0.1, 0.15) is 20.3 Å². The van der Waals surface area contributed by atoms with Gasteiger partial charge >= 0.3 is 0 Å². The zero-order valence-corrected chi connectivity index (χ0v) is 15.7. The molecule has 0 heterocycles. The number of ether oxygens (including phenoxy) is 2. The molecule has 0 aliphatic heterocycles. The Hall–Kier alpha value is -2.35. The van der Waals surface area contributed by atoms with Crippen LogP contribution in [0.15, 0.2) is 29.3 Å². The Balaban J connectivity index is 2.52. The molecular weight excluding hydrogens is 339 g/mol. The number of halogens is 1. The van der Waals surface area contributed by atoms with Crippen molar-refractivity contribution in [3.63, 3.8) is 0 Å². The molecule has 0 aliphatic rings. The fourth-order valence-electron chi connectivity index (χ4n) is 2.04. The van der Waals surface area contributed by atoms with E-state index in [2.05, 4.69) is 20.9 Å². The summed E-state index contributed by atoms with van der Waals surface area (Å²) in [4.78, 5) is 15.9. The molecule has 3 N–H and O–H groups in total. The molecule has 8 heteroatoms. The van der Waals surface area contributed by atoms with Crippen molar-refractivity contribution in [3.05, 3.63) is 30.1 Å². The fourth-order valence-corrected chi connectivity index (χ4v) is 2.04. The van der Waals surface area contributed by atoms with E-state index in [1.807, 2.05) is 13.8 Å². The number of rotatable bonds is 11. The van der Waals surface area contributed by atoms with Gasteiger partial charge in [-0.2, -0.15) is 0 Å². The van der Waals surface area contributed by atoms with Gasteiger partial charge in [-0.3, -0.25) is 4.79 Å². The normalized spacial score (nSPS) is 12.4. The lowest BCUT2D eigenvalue weighted by Crippen LogP contribution is -2.43. The van der Waals surface area contributed by atoms with Gasteiger partial charge in [0.05, 0.1) is 13.2 Å². The van der Waals surface area contributed by atoms with Crippen LogP contribution in [-0.2, 0) is 9.53 Å². The first-order valence-electron chi connectivity index (χ1n) is 8.79. The van der Waals surface area contributed by atoms with Gasteiger partial charge in [-0.1, -0.05) is 19.1 Å². The first-order chi connectivity index (χ1) is 12.6. The van der Waals surface area contributed by atoms with E-state index in [0.29, 0.717) is 38.6 Å². The third-order valence-corrected chi connectivity index (χ3v) is 3.44. The number of carbonyl (C=O) groups excluding carboxylic acids is 1. The van der Waals surface area contributed by atoms with Gasteiger partial charge in [0.1, 0.15) is 12.6 Å². The van der Waals surface area contributed by atoms with E-state index in [0.717, 1.165) is 0 Å². The number of guanidine groups is 1. The van der Waals surface area contributed by atoms with E-state index in [4.69, 9.17) is 9.47 Å². The molecule has 0 saturated carbocycles. The van der Waals surface area contributed by atoms with E-state index in [1.165, 1.54) is 6.07 Å². The van der Waals surface area contributed by atoms with E-state index in [1.54, 1.807) is 25.3 Å². The van der Waals surface area contributed by atoms with Crippen LogP contribution in [0.2, 0.25) is 0 Å². The highest BCUT2D eigenvalue weighted by Crippen LogP contribution is 2.17. The fraction of sp³-hybridized carbons (Fsp3) is 0.556. The zero-order valence-electron chi connectivity index (χ0n) is 15.7. The monoisotopic (exact) mass is 368 g/mol. The smallest absolute Gasteiger partial charge is 0.241 e. The lowest BCUT2D eigenvalue weighted by molar-refractivity contribution is -0.119. The van der Waals surface area contributed by atoms with Gasteiger partial charge in [0.2, 0.25) is 5.91 Å². The largest absolute Gasteiger partial charge is 0.486 e. The minimum Gasteiger partial charge on any atom is -0.486 e. The molecule has 0 aliphatic carbocycles. The SMILES string of the molecule is CCNC(=NCC(=O)NCCOC)NCC(CC)Oc1ccccc1F. The number of hydrogen-bond acceptors (Lipinski definition) is 4. The molecule has 1 unspecified atom stereocenters. The number of nitrogens with zero attached hydrogens (tertiary/aromatic N) is 1. The first kappa shape index (κ1) is 21.7. The van der Waals surface area contributed by atoms with Gasteiger partial charge in [0.25, 0.3) is 0 Å². The molecule has 0 aromatic heterocycles. The maximum Gasteiger partial charge on any atom is 0.241 e. The summed E-state index contributed by atoms with van der Waals surface area (Å²) in [5.41, 5.74) is 0. The van der Waals surface area contributed by atoms with Crippen molar-refractivity contribution in [1.29, 1.82) is 0 Å². The zero-order chi connectivity index (χ0) is 19.2. The number of aliphatic imine (C=N–C) groups is 1. The second kappa shape index (κ2) is 12.9. The lowest BCUT2D eigenvalue weighted by atomic mass is 10.2. The minimum absolute atomic E-state index is 0.00398. The van der Waals surface area contributed by atoms with E-state index in [-0.39, 0.29) is 30.1 Å². The molecule has 7 nitrogen and oxygen atoms in total. The Morgan fingerprint density at radius 3 is 2.65 bits per heavy atom. The van der Waals surface area contributed by atoms with Crippen LogP contribution in [0.4, 0.5) is 4.39 Å². The molecule has 1 aromatic rings. The molecule has 0 radical (unpaired) electrons. The van der Waals surface area contributed by atoms with Gasteiger partial charge < -0.3 is 25.4 Å². The van der Waals surface area contributed by atoms with Gasteiger partial charge in [-0.25, -0.2) is 9.38 Å². The molecule has 1 amide bonds. The number of para-hydroxylation sites is 1. The number of methoxy groups -OCH3 is 1. The molecule has 1 aromatic carbocycles. The van der Waals surface area contributed by atoms with Crippen molar-refractivity contribution < 1.29 is 18.7 Å². The third kappa shape index (κ3) is 8.66. The highest BCUT2D eigenvalue weighted by molar-refractivity contribution is 5.84. The van der Waals surface area contributed by atoms with Crippen LogP contribution in [0.25, 0.3) is 0 Å². The maximum absolute atomic E-state index is 13.7. The predicted molar refractivity (Wildman–Crippen MR) is 100.0 cm³/mol. The van der Waals surface area contributed by atoms with Crippen molar-refractivity contribution in [3.8, 4) is 5.75 Å². The number of amides is 1. The highest BCUT2D eigenvalue weighted by Gasteiger charge is 2.12. The summed E-state index contributed by atoms with van der Waals surface area (Å²) in [7, 11) is 1.57. The van der Waals surface area contributed by atoms with Crippen LogP contribution >= 0.6 is 0 Å². The third-order valence-electron chi connectivity index (χ3n) is 3.44. The topological polar surface area (TPSA) is 84.0 Å². The molecule has 26 heavy (non-hydrogen) atoms. The standard InChI is InChI=1S/C18H29FN4O3/c1-4-14(26-16-9-7-6-8-15(16)19)12-22-18(20-5-2)23-13-17(24)21-10-11-25-3/h6-9,14H,4-5,10-13H2,1-3H3,(H,21,24)(H2,20,22,23). The molecular formula is C18H29FN4O3. The Morgan fingerprint density at radius 1 is 1.23 bits per heavy atom. The van der Waals surface area contributed by atoms with Crippen LogP contribution in [0.3, 0.4) is 0 Å². The van der Waals surface area contributed by atoms with Crippen LogP contribution in [0.5, 0.6) is 5.75 Å². The summed E-state index contributed by atoms with van der Waals surface area (Å²) in [6.07, 6.45) is 0.462. The van der Waals surface area contributed by atoms with Gasteiger partial charge in [0, 0.05) is 20.2 Å². The van der Waals surface area contributed by atoms with Crippen LogP contribution in [0, 0.1) is 5.82 Å². The van der Waals surface area contributed by atoms with Crippen molar-refractivity contribution in [2.45, 2.75) is 26.4 Å². The van der Waals surface area contributed by atoms with Crippen LogP contribution < -0.4 is 20.7 Å². The van der Waals surface area contributed by atoms with Crippen LogP contribution in [-0.4, -0.2) is 57.9 Å². The van der Waals surface area contributed by atoms with Crippen molar-refractivity contribution >= 4 is 11.9 Å². The summed E-state index contributed by atoms with van der Waals surface area (Å²) in [6.45, 7) is 5.89. The number of benzene rings is 1. The van der Waals surface area contributed by atoms with Gasteiger partial charge in [0.15, 0.2) is 17.5 Å². The minimum atomic E-state index is -0.390. The van der Waals surface area contributed by atoms with Crippen molar-refractivity contribution in [1.82, 2.24) is 16.0 Å². The van der Waals surface area contributed by atoms with Crippen molar-refractivity contribution in [2.24, 2.45) is 4.99 Å². The molecule has 0 spiro atoms. The van der Waals surface area contributed by atoms with Gasteiger partial charge in [-0.15, -0.1) is 0 Å². The maximum atomic E-state index is 13.7. The molecule has 0 bridgehead atoms. The molecule has 146 valence electrons. The van der Waals surface area contributed by atoms with Crippen molar-refractivity contribution in [2.75, 3.05) is 39.9 Å². The lowest BCUT2D eigenvalue weighted by Gasteiger charge is -2.20. The van der Waals surface area contributed by atoms with Gasteiger partial charge in [-0.05, 0) is 25.5 Å². The molecule has 1 atom stereocenters. The Labute approximate surface area is 154 Å². The summed E-state index contributed by atoms with van der Waals surface area (Å²) < 4.78 is 24.3. The molecule has 0 saturated heterocycles. The van der Waals surface area contributed by atoms with E-state index < -0.39 is 0 Å². The van der Waals surface area contributed by atoms with E-state index >= 15 is 0 Å². The first-order valence-corrected chi connectivity index (χ1v) is 8.79. The Kier molecular flexibility index (Phi) is 10.8. The Morgan fingerprint density at radius 2 is 2.00 bits per heavy atom. The average molecular weight is 368 g/mol. The summed E-state index contributed by atoms with van der Waals surface area (Å²) in [5, 5.41) is 8.89. The molecule has 0 fully saturated rings. The summed E-state index contributed by atoms with van der Waals surface area (Å²) >= 11 is 0. The quantitative estimate of drug-likeness (QED) is 0.312. The van der Waals surface area contributed by atoms with E-state index in [9.17, 15) is 9.18 Å². The molecule has 1 rings (SSSR count). The highest BCUT2D eigenvalue weighted by atomic mass is 19.1. The predicted octanol–water partition coefficient (Wildman–Crippen LogP) is 1.30. The second-order valence-corrected chi connectivity index (χ2v) is 5.50. The average Bonchev–Trinajstić information content (AvgIpc) is 2.64. The number of hydrogen-bond donors (Lipinski definition) is 3. The summed E-state index contributed by atoms with van der Waals surface area (Å²) in [6, 6.07) is 6.31. The number of nitrogens with one attached hydrogen (secondary N) is 3.